The molecule has 1 aromatic heterocycles. The van der Waals surface area contributed by atoms with Crippen molar-refractivity contribution in [2.75, 3.05) is 0 Å². The topological polar surface area (TPSA) is 30.0 Å². The molecule has 0 aliphatic heterocycles. The lowest BCUT2D eigenvalue weighted by molar-refractivity contribution is 0.0972. The van der Waals surface area contributed by atoms with E-state index in [2.05, 4.69) is 4.98 Å². The van der Waals surface area contributed by atoms with Crippen LogP contribution in [-0.4, -0.2) is 10.8 Å². The first-order valence-electron chi connectivity index (χ1n) is 3.77. The lowest BCUT2D eigenvalue weighted by atomic mass is 10.2. The fraction of sp³-hybridized carbons (Fsp3) is 0.500. The van der Waals surface area contributed by atoms with Crippen molar-refractivity contribution in [2.45, 2.75) is 19.3 Å². The predicted octanol–water partition coefficient (Wildman–Crippen LogP) is 2.13. The summed E-state index contributed by atoms with van der Waals surface area (Å²) < 4.78 is 0. The molecule has 0 amide bonds. The fourth-order valence-electron chi connectivity index (χ4n) is 1.04. The molecule has 0 saturated heterocycles. The molecule has 3 heteroatoms. The van der Waals surface area contributed by atoms with Gasteiger partial charge in [-0.2, -0.15) is 0 Å². The van der Waals surface area contributed by atoms with Crippen LogP contribution in [0.4, 0.5) is 0 Å². The summed E-state index contributed by atoms with van der Waals surface area (Å²) in [5.74, 6) is 0.887. The van der Waals surface area contributed by atoms with Gasteiger partial charge in [-0.05, 0) is 18.8 Å². The largest absolute Gasteiger partial charge is 0.292 e. The van der Waals surface area contributed by atoms with Gasteiger partial charge in [0, 0.05) is 11.8 Å². The van der Waals surface area contributed by atoms with Crippen LogP contribution < -0.4 is 0 Å². The van der Waals surface area contributed by atoms with Crippen molar-refractivity contribution in [3.63, 3.8) is 0 Å². The maximum atomic E-state index is 11.3. The Balaban J connectivity index is 1.99. The Labute approximate surface area is 69.3 Å². The number of ketones is 1. The fourth-order valence-corrected chi connectivity index (χ4v) is 1.60. The van der Waals surface area contributed by atoms with Gasteiger partial charge in [0.05, 0.1) is 5.51 Å². The van der Waals surface area contributed by atoms with Crippen molar-refractivity contribution in [3.8, 4) is 0 Å². The highest BCUT2D eigenvalue weighted by atomic mass is 32.1. The first-order valence-corrected chi connectivity index (χ1v) is 4.72. The Kier molecular flexibility index (Phi) is 1.74. The minimum absolute atomic E-state index is 0.216. The first kappa shape index (κ1) is 6.98. The van der Waals surface area contributed by atoms with Crippen LogP contribution in [0.1, 0.15) is 29.8 Å². The van der Waals surface area contributed by atoms with Gasteiger partial charge in [0.25, 0.3) is 0 Å². The van der Waals surface area contributed by atoms with E-state index in [1.165, 1.54) is 24.2 Å². The minimum Gasteiger partial charge on any atom is -0.292 e. The summed E-state index contributed by atoms with van der Waals surface area (Å²) in [6.07, 6.45) is 3.18. The molecule has 1 aromatic rings. The molecule has 0 spiro atoms. The van der Waals surface area contributed by atoms with Crippen molar-refractivity contribution in [1.29, 1.82) is 0 Å². The third-order valence-electron chi connectivity index (χ3n) is 1.89. The maximum absolute atomic E-state index is 11.3. The second-order valence-corrected chi connectivity index (χ2v) is 3.66. The second-order valence-electron chi connectivity index (χ2n) is 2.94. The summed E-state index contributed by atoms with van der Waals surface area (Å²) in [4.78, 5) is 15.3. The second kappa shape index (κ2) is 2.74. The summed E-state index contributed by atoms with van der Waals surface area (Å²) in [6, 6.07) is 0. The van der Waals surface area contributed by atoms with E-state index in [1.807, 2.05) is 5.38 Å². The summed E-state index contributed by atoms with van der Waals surface area (Å²) in [5, 5.41) is 1.82. The van der Waals surface area contributed by atoms with Crippen LogP contribution in [0.3, 0.4) is 0 Å². The lowest BCUT2D eigenvalue weighted by Crippen LogP contribution is -1.99. The van der Waals surface area contributed by atoms with Gasteiger partial charge >= 0.3 is 0 Å². The van der Waals surface area contributed by atoms with E-state index in [0.717, 1.165) is 0 Å². The average Bonchev–Trinajstić information content (AvgIpc) is 2.67. The molecule has 0 N–H and O–H groups in total. The molecule has 0 atom stereocenters. The van der Waals surface area contributed by atoms with Gasteiger partial charge in [-0.3, -0.25) is 4.79 Å². The summed E-state index contributed by atoms with van der Waals surface area (Å²) >= 11 is 1.48. The number of thiazole rings is 1. The predicted molar refractivity (Wildman–Crippen MR) is 43.8 cm³/mol. The monoisotopic (exact) mass is 167 g/mol. The first-order chi connectivity index (χ1) is 5.36. The van der Waals surface area contributed by atoms with Crippen LogP contribution in [0, 0.1) is 5.92 Å². The van der Waals surface area contributed by atoms with Crippen molar-refractivity contribution in [3.05, 3.63) is 16.6 Å². The third-order valence-corrected chi connectivity index (χ3v) is 2.48. The van der Waals surface area contributed by atoms with Crippen molar-refractivity contribution >= 4 is 17.1 Å². The lowest BCUT2D eigenvalue weighted by Gasteiger charge is -1.91. The Morgan fingerprint density at radius 3 is 3.09 bits per heavy atom. The maximum Gasteiger partial charge on any atom is 0.182 e. The zero-order valence-electron chi connectivity index (χ0n) is 6.12. The number of carbonyl (C=O) groups is 1. The van der Waals surface area contributed by atoms with E-state index in [-0.39, 0.29) is 5.78 Å². The van der Waals surface area contributed by atoms with Gasteiger partial charge in [0.2, 0.25) is 0 Å². The SMILES string of the molecule is O=C(CC1CC1)c1cscn1. The molecule has 1 fully saturated rings. The number of nitrogens with zero attached hydrogens (tertiary/aromatic N) is 1. The Morgan fingerprint density at radius 1 is 1.73 bits per heavy atom. The van der Waals surface area contributed by atoms with E-state index in [9.17, 15) is 4.79 Å². The molecule has 1 aliphatic carbocycles. The normalized spacial score (nSPS) is 16.7. The molecule has 1 heterocycles. The molecule has 0 radical (unpaired) electrons. The molecule has 0 unspecified atom stereocenters. The number of hydrogen-bond donors (Lipinski definition) is 0. The molecule has 58 valence electrons. The van der Waals surface area contributed by atoms with Crippen molar-refractivity contribution in [1.82, 2.24) is 4.98 Å². The zero-order chi connectivity index (χ0) is 7.68. The van der Waals surface area contributed by atoms with E-state index < -0.39 is 0 Å². The molecule has 1 aliphatic rings. The van der Waals surface area contributed by atoms with E-state index in [0.29, 0.717) is 18.0 Å². The number of hydrogen-bond acceptors (Lipinski definition) is 3. The number of Topliss-reactive ketones (excluding diaryl/α,β-unsaturated/α-hetero) is 1. The van der Waals surface area contributed by atoms with Crippen LogP contribution in [0.2, 0.25) is 0 Å². The molecular weight excluding hydrogens is 158 g/mol. The molecule has 2 nitrogen and oxygen atoms in total. The molecule has 2 rings (SSSR count). The van der Waals surface area contributed by atoms with Crippen molar-refractivity contribution < 1.29 is 4.79 Å². The molecule has 11 heavy (non-hydrogen) atoms. The van der Waals surface area contributed by atoms with Gasteiger partial charge in [-0.25, -0.2) is 4.98 Å². The standard InChI is InChI=1S/C8H9NOS/c10-8(3-6-1-2-6)7-4-11-5-9-7/h4-6H,1-3H2. The van der Waals surface area contributed by atoms with E-state index in [1.54, 1.807) is 5.51 Å². The third kappa shape index (κ3) is 1.66. The summed E-state index contributed by atoms with van der Waals surface area (Å²) in [7, 11) is 0. The van der Waals surface area contributed by atoms with Gasteiger partial charge in [-0.15, -0.1) is 11.3 Å². The van der Waals surface area contributed by atoms with Crippen LogP contribution in [0.15, 0.2) is 10.9 Å². The Hall–Kier alpha value is -0.700. The van der Waals surface area contributed by atoms with Crippen LogP contribution in [-0.2, 0) is 0 Å². The smallest absolute Gasteiger partial charge is 0.182 e. The van der Waals surface area contributed by atoms with Crippen molar-refractivity contribution in [2.24, 2.45) is 5.92 Å². The van der Waals surface area contributed by atoms with E-state index >= 15 is 0 Å². The van der Waals surface area contributed by atoms with Gasteiger partial charge in [0.15, 0.2) is 5.78 Å². The quantitative estimate of drug-likeness (QED) is 0.645. The number of rotatable bonds is 3. The van der Waals surface area contributed by atoms with Crippen LogP contribution in [0.5, 0.6) is 0 Å². The highest BCUT2D eigenvalue weighted by Crippen LogP contribution is 2.33. The summed E-state index contributed by atoms with van der Waals surface area (Å²) in [6.45, 7) is 0. The minimum atomic E-state index is 0.216. The van der Waals surface area contributed by atoms with Gasteiger partial charge in [-0.1, -0.05) is 0 Å². The summed E-state index contributed by atoms with van der Waals surface area (Å²) in [5.41, 5.74) is 2.36. The highest BCUT2D eigenvalue weighted by molar-refractivity contribution is 7.07. The molecule has 0 aromatic carbocycles. The van der Waals surface area contributed by atoms with Gasteiger partial charge < -0.3 is 0 Å². The average molecular weight is 167 g/mol. The molecule has 0 bridgehead atoms. The highest BCUT2D eigenvalue weighted by Gasteiger charge is 2.25. The van der Waals surface area contributed by atoms with Crippen LogP contribution in [0.25, 0.3) is 0 Å². The molecular formula is C8H9NOS. The molecule has 1 saturated carbocycles. The number of aromatic nitrogens is 1. The Bertz CT molecular complexity index is 251. The van der Waals surface area contributed by atoms with Crippen LogP contribution >= 0.6 is 11.3 Å². The zero-order valence-corrected chi connectivity index (χ0v) is 6.93. The van der Waals surface area contributed by atoms with E-state index in [4.69, 9.17) is 0 Å². The number of carbonyl (C=O) groups excluding carboxylic acids is 1. The Morgan fingerprint density at radius 2 is 2.55 bits per heavy atom. The van der Waals surface area contributed by atoms with Gasteiger partial charge in [0.1, 0.15) is 5.69 Å².